The molecule has 0 aromatic heterocycles. The molecule has 0 bridgehead atoms. The van der Waals surface area contributed by atoms with Gasteiger partial charge in [0.25, 0.3) is 0 Å². The van der Waals surface area contributed by atoms with Gasteiger partial charge in [0.15, 0.2) is 5.96 Å². The molecule has 2 N–H and O–H groups in total. The van der Waals surface area contributed by atoms with Crippen LogP contribution in [0.25, 0.3) is 0 Å². The molecule has 2 aromatic carbocycles. The molecule has 5 heteroatoms. The van der Waals surface area contributed by atoms with Crippen LogP contribution >= 0.6 is 0 Å². The first-order valence-electron chi connectivity index (χ1n) is 8.61. The van der Waals surface area contributed by atoms with Gasteiger partial charge in [0.1, 0.15) is 5.82 Å². The van der Waals surface area contributed by atoms with Crippen molar-refractivity contribution in [1.29, 1.82) is 0 Å². The topological polar surface area (TPSA) is 39.7 Å². The lowest BCUT2D eigenvalue weighted by molar-refractivity contribution is 0.627. The summed E-state index contributed by atoms with van der Waals surface area (Å²) in [6.07, 6.45) is 0.925. The van der Waals surface area contributed by atoms with Crippen molar-refractivity contribution in [3.05, 3.63) is 65.5 Å². The van der Waals surface area contributed by atoms with E-state index >= 15 is 0 Å². The number of nitrogens with zero attached hydrogens (tertiary/aromatic N) is 2. The normalized spacial score (nSPS) is 11.3. The highest BCUT2D eigenvalue weighted by Gasteiger charge is 2.00. The molecule has 0 heterocycles. The standard InChI is InChI=1S/C20H27FN4/c1-4-22-20(24-15-17-5-9-18(21)10-6-17)23-14-13-16-7-11-19(12-8-16)25(2)3/h5-12H,4,13-15H2,1-3H3,(H2,22,23,24). The van der Waals surface area contributed by atoms with E-state index in [4.69, 9.17) is 0 Å². The number of guanidine groups is 1. The fourth-order valence-corrected chi connectivity index (χ4v) is 2.39. The fourth-order valence-electron chi connectivity index (χ4n) is 2.39. The molecule has 0 unspecified atom stereocenters. The molecule has 0 aliphatic rings. The van der Waals surface area contributed by atoms with Crippen LogP contribution in [0.2, 0.25) is 0 Å². The van der Waals surface area contributed by atoms with Gasteiger partial charge in [-0.3, -0.25) is 0 Å². The minimum absolute atomic E-state index is 0.224. The summed E-state index contributed by atoms with van der Waals surface area (Å²) in [6, 6.07) is 15.0. The highest BCUT2D eigenvalue weighted by Crippen LogP contribution is 2.12. The molecule has 0 atom stereocenters. The number of benzene rings is 2. The lowest BCUT2D eigenvalue weighted by Crippen LogP contribution is -2.38. The van der Waals surface area contributed by atoms with E-state index < -0.39 is 0 Å². The van der Waals surface area contributed by atoms with Crippen LogP contribution in [0.15, 0.2) is 53.5 Å². The van der Waals surface area contributed by atoms with Crippen LogP contribution in [-0.4, -0.2) is 33.1 Å². The summed E-state index contributed by atoms with van der Waals surface area (Å²) in [6.45, 7) is 4.16. The van der Waals surface area contributed by atoms with Crippen LogP contribution in [0.3, 0.4) is 0 Å². The van der Waals surface area contributed by atoms with Gasteiger partial charge in [-0.15, -0.1) is 0 Å². The Bertz CT molecular complexity index is 663. The van der Waals surface area contributed by atoms with E-state index in [2.05, 4.69) is 44.8 Å². The highest BCUT2D eigenvalue weighted by atomic mass is 19.1. The maximum atomic E-state index is 12.9. The molecule has 0 fully saturated rings. The minimum atomic E-state index is -0.224. The average molecular weight is 342 g/mol. The summed E-state index contributed by atoms with van der Waals surface area (Å²) in [5.74, 6) is 0.551. The Morgan fingerprint density at radius 1 is 0.960 bits per heavy atom. The summed E-state index contributed by atoms with van der Waals surface area (Å²) in [4.78, 5) is 6.64. The molecular weight excluding hydrogens is 315 g/mol. The van der Waals surface area contributed by atoms with Crippen LogP contribution in [0.1, 0.15) is 18.1 Å². The van der Waals surface area contributed by atoms with Gasteiger partial charge in [-0.05, 0) is 48.7 Å². The lowest BCUT2D eigenvalue weighted by atomic mass is 10.1. The second-order valence-corrected chi connectivity index (χ2v) is 6.06. The summed E-state index contributed by atoms with van der Waals surface area (Å²) >= 11 is 0. The van der Waals surface area contributed by atoms with E-state index in [-0.39, 0.29) is 5.82 Å². The van der Waals surface area contributed by atoms with Gasteiger partial charge < -0.3 is 15.5 Å². The van der Waals surface area contributed by atoms with Crippen LogP contribution in [0.4, 0.5) is 10.1 Å². The van der Waals surface area contributed by atoms with Crippen molar-refractivity contribution >= 4 is 11.6 Å². The molecule has 0 saturated heterocycles. The van der Waals surface area contributed by atoms with Crippen LogP contribution in [0.5, 0.6) is 0 Å². The van der Waals surface area contributed by atoms with Crippen molar-refractivity contribution in [1.82, 2.24) is 10.6 Å². The minimum Gasteiger partial charge on any atom is -0.378 e. The molecule has 0 aliphatic carbocycles. The zero-order chi connectivity index (χ0) is 18.1. The monoisotopic (exact) mass is 342 g/mol. The van der Waals surface area contributed by atoms with Gasteiger partial charge in [0.05, 0.1) is 6.54 Å². The summed E-state index contributed by atoms with van der Waals surface area (Å²) in [5, 5.41) is 6.58. The van der Waals surface area contributed by atoms with Crippen molar-refractivity contribution in [2.75, 3.05) is 32.1 Å². The van der Waals surface area contributed by atoms with E-state index in [9.17, 15) is 4.39 Å². The highest BCUT2D eigenvalue weighted by molar-refractivity contribution is 5.79. The number of aliphatic imine (C=N–C) groups is 1. The molecule has 2 rings (SSSR count). The number of nitrogens with one attached hydrogen (secondary N) is 2. The molecule has 0 aliphatic heterocycles. The van der Waals surface area contributed by atoms with Gasteiger partial charge in [-0.1, -0.05) is 24.3 Å². The third kappa shape index (κ3) is 6.45. The SMILES string of the molecule is CCNC(=NCc1ccc(F)cc1)NCCc1ccc(N(C)C)cc1. The second kappa shape index (κ2) is 9.67. The molecule has 2 aromatic rings. The quantitative estimate of drug-likeness (QED) is 0.600. The first-order valence-corrected chi connectivity index (χ1v) is 8.61. The van der Waals surface area contributed by atoms with Crippen LogP contribution < -0.4 is 15.5 Å². The predicted octanol–water partition coefficient (Wildman–Crippen LogP) is 3.19. The summed E-state index contributed by atoms with van der Waals surface area (Å²) in [7, 11) is 4.08. The number of hydrogen-bond donors (Lipinski definition) is 2. The van der Waals surface area contributed by atoms with Crippen LogP contribution in [0, 0.1) is 5.82 Å². The van der Waals surface area contributed by atoms with Gasteiger partial charge in [0, 0.05) is 32.9 Å². The Kier molecular flexibility index (Phi) is 7.26. The van der Waals surface area contributed by atoms with Crippen molar-refractivity contribution in [2.45, 2.75) is 19.9 Å². The first kappa shape index (κ1) is 18.8. The smallest absolute Gasteiger partial charge is 0.191 e. The van der Waals surface area contributed by atoms with E-state index in [1.54, 1.807) is 12.1 Å². The number of anilines is 1. The number of rotatable bonds is 7. The van der Waals surface area contributed by atoms with Gasteiger partial charge >= 0.3 is 0 Å². The first-order chi connectivity index (χ1) is 12.1. The largest absolute Gasteiger partial charge is 0.378 e. The van der Waals surface area contributed by atoms with E-state index in [1.165, 1.54) is 23.4 Å². The zero-order valence-corrected chi connectivity index (χ0v) is 15.2. The lowest BCUT2D eigenvalue weighted by Gasteiger charge is -2.14. The molecule has 0 amide bonds. The summed E-state index contributed by atoms with van der Waals surface area (Å²) in [5.41, 5.74) is 3.47. The third-order valence-electron chi connectivity index (χ3n) is 3.84. The van der Waals surface area contributed by atoms with Crippen molar-refractivity contribution in [2.24, 2.45) is 4.99 Å². The molecule has 0 saturated carbocycles. The van der Waals surface area contributed by atoms with E-state index in [1.807, 2.05) is 21.0 Å². The maximum absolute atomic E-state index is 12.9. The Morgan fingerprint density at radius 3 is 2.20 bits per heavy atom. The Labute approximate surface area is 149 Å². The zero-order valence-electron chi connectivity index (χ0n) is 15.2. The van der Waals surface area contributed by atoms with Gasteiger partial charge in [0.2, 0.25) is 0 Å². The molecule has 0 spiro atoms. The molecular formula is C20H27FN4. The second-order valence-electron chi connectivity index (χ2n) is 6.06. The van der Waals surface area contributed by atoms with E-state index in [0.717, 1.165) is 31.0 Å². The molecule has 25 heavy (non-hydrogen) atoms. The average Bonchev–Trinajstić information content (AvgIpc) is 2.61. The number of hydrogen-bond acceptors (Lipinski definition) is 2. The van der Waals surface area contributed by atoms with Crippen molar-refractivity contribution in [3.63, 3.8) is 0 Å². The van der Waals surface area contributed by atoms with E-state index in [0.29, 0.717) is 6.54 Å². The molecule has 4 nitrogen and oxygen atoms in total. The van der Waals surface area contributed by atoms with Gasteiger partial charge in [-0.25, -0.2) is 9.38 Å². The Balaban J connectivity index is 1.85. The summed E-state index contributed by atoms with van der Waals surface area (Å²) < 4.78 is 12.9. The fraction of sp³-hybridized carbons (Fsp3) is 0.350. The Morgan fingerprint density at radius 2 is 1.60 bits per heavy atom. The number of halogens is 1. The Hall–Kier alpha value is -2.56. The predicted molar refractivity (Wildman–Crippen MR) is 104 cm³/mol. The van der Waals surface area contributed by atoms with Gasteiger partial charge in [-0.2, -0.15) is 0 Å². The van der Waals surface area contributed by atoms with Crippen LogP contribution in [-0.2, 0) is 13.0 Å². The van der Waals surface area contributed by atoms with Crippen molar-refractivity contribution < 1.29 is 4.39 Å². The maximum Gasteiger partial charge on any atom is 0.191 e. The third-order valence-corrected chi connectivity index (χ3v) is 3.84. The molecule has 134 valence electrons. The molecule has 0 radical (unpaired) electrons. The van der Waals surface area contributed by atoms with Crippen molar-refractivity contribution in [3.8, 4) is 0 Å².